The molecule has 1 aliphatic rings. The number of ether oxygens (including phenoxy) is 2. The fourth-order valence-electron chi connectivity index (χ4n) is 3.41. The van der Waals surface area contributed by atoms with E-state index in [1.165, 1.54) is 0 Å². The number of nitrogens with zero attached hydrogens (tertiary/aromatic N) is 2. The summed E-state index contributed by atoms with van der Waals surface area (Å²) in [4.78, 5) is 30.5. The summed E-state index contributed by atoms with van der Waals surface area (Å²) < 4.78 is 42.7. The van der Waals surface area contributed by atoms with Crippen LogP contribution in [0.25, 0.3) is 11.3 Å². The van der Waals surface area contributed by atoms with Crippen molar-refractivity contribution in [3.63, 3.8) is 0 Å². The zero-order valence-electron chi connectivity index (χ0n) is 18.3. The number of hydrogen-bond acceptors (Lipinski definition) is 7. The van der Waals surface area contributed by atoms with Crippen LogP contribution in [0, 0.1) is 0 Å². The van der Waals surface area contributed by atoms with Gasteiger partial charge in [-0.1, -0.05) is 6.07 Å². The summed E-state index contributed by atoms with van der Waals surface area (Å²) in [5.74, 6) is -2.35. The lowest BCUT2D eigenvalue weighted by atomic mass is 9.73. The Bertz CT molecular complexity index is 930. The molecule has 3 heterocycles. The largest absolute Gasteiger partial charge is 0.490 e. The second-order valence-corrected chi connectivity index (χ2v) is 7.08. The zero-order chi connectivity index (χ0) is 24.5. The van der Waals surface area contributed by atoms with Gasteiger partial charge in [0.15, 0.2) is 0 Å². The van der Waals surface area contributed by atoms with E-state index in [0.29, 0.717) is 31.9 Å². The van der Waals surface area contributed by atoms with E-state index >= 15 is 0 Å². The van der Waals surface area contributed by atoms with Crippen molar-refractivity contribution in [1.82, 2.24) is 15.3 Å². The average Bonchev–Trinajstić information content (AvgIpc) is 2.80. The lowest BCUT2D eigenvalue weighted by Gasteiger charge is -2.35. The first-order valence-electron chi connectivity index (χ1n) is 10.4. The monoisotopic (exact) mass is 469 g/mol. The number of rotatable bonds is 6. The van der Waals surface area contributed by atoms with Crippen molar-refractivity contribution in [2.75, 3.05) is 26.3 Å². The first kappa shape index (κ1) is 26.0. The van der Waals surface area contributed by atoms with Gasteiger partial charge in [0.05, 0.1) is 29.9 Å². The molecule has 8 nitrogen and oxygen atoms in total. The maximum Gasteiger partial charge on any atom is 0.490 e. The molecule has 0 amide bonds. The highest BCUT2D eigenvalue weighted by Gasteiger charge is 2.43. The minimum absolute atomic E-state index is 0.160. The van der Waals surface area contributed by atoms with Gasteiger partial charge in [-0.25, -0.2) is 9.78 Å². The number of carboxylic acid groups (broad SMARTS) is 1. The lowest BCUT2D eigenvalue weighted by Crippen LogP contribution is -2.46. The summed E-state index contributed by atoms with van der Waals surface area (Å²) in [6.45, 7) is 6.27. The fraction of sp³-hybridized carbons (Fsp3) is 0.455. The van der Waals surface area contributed by atoms with E-state index in [2.05, 4.69) is 15.3 Å². The minimum Gasteiger partial charge on any atom is -0.477 e. The van der Waals surface area contributed by atoms with Crippen LogP contribution in [0.4, 0.5) is 13.2 Å². The van der Waals surface area contributed by atoms with E-state index in [1.807, 2.05) is 38.1 Å². The molecule has 0 saturated carbocycles. The van der Waals surface area contributed by atoms with Crippen LogP contribution in [0.2, 0.25) is 0 Å². The maximum absolute atomic E-state index is 12.7. The standard InChI is InChI=1S/C20H25N3O3.C2HF3O2/c1-3-25-18-16(6-5-11-22-18)17-8-7-15(14-23-17)20(19(24)26-4-2)9-12-21-13-10-20;3-2(4,5)1(6)7/h5-8,11,14,21H,3-4,9-10,12-13H2,1-2H3;(H,6,7). The maximum atomic E-state index is 12.7. The van der Waals surface area contributed by atoms with Crippen molar-refractivity contribution in [2.24, 2.45) is 0 Å². The predicted octanol–water partition coefficient (Wildman–Crippen LogP) is 3.36. The van der Waals surface area contributed by atoms with Crippen molar-refractivity contribution in [2.45, 2.75) is 38.3 Å². The number of piperidine rings is 1. The zero-order valence-corrected chi connectivity index (χ0v) is 18.3. The molecule has 180 valence electrons. The normalized spacial score (nSPS) is 15.1. The molecule has 1 aliphatic heterocycles. The molecular weight excluding hydrogens is 443 g/mol. The van der Waals surface area contributed by atoms with Crippen LogP contribution >= 0.6 is 0 Å². The molecule has 1 fully saturated rings. The Morgan fingerprint density at radius 3 is 2.30 bits per heavy atom. The fourth-order valence-corrected chi connectivity index (χ4v) is 3.41. The smallest absolute Gasteiger partial charge is 0.477 e. The molecule has 0 radical (unpaired) electrons. The van der Waals surface area contributed by atoms with E-state index in [4.69, 9.17) is 19.4 Å². The number of nitrogens with one attached hydrogen (secondary N) is 1. The molecule has 0 aliphatic carbocycles. The predicted molar refractivity (Wildman–Crippen MR) is 113 cm³/mol. The molecule has 0 spiro atoms. The van der Waals surface area contributed by atoms with Gasteiger partial charge in [-0.15, -0.1) is 0 Å². The number of hydrogen-bond donors (Lipinski definition) is 2. The minimum atomic E-state index is -5.08. The molecule has 0 atom stereocenters. The Kier molecular flexibility index (Phi) is 9.15. The Hall–Kier alpha value is -3.21. The Morgan fingerprint density at radius 1 is 1.12 bits per heavy atom. The van der Waals surface area contributed by atoms with Crippen LogP contribution in [-0.2, 0) is 19.7 Å². The van der Waals surface area contributed by atoms with Gasteiger partial charge in [-0.05, 0) is 63.5 Å². The molecule has 11 heteroatoms. The summed E-state index contributed by atoms with van der Waals surface area (Å²) in [6.07, 6.45) is -0.165. The van der Waals surface area contributed by atoms with Crippen molar-refractivity contribution < 1.29 is 37.3 Å². The summed E-state index contributed by atoms with van der Waals surface area (Å²) in [7, 11) is 0. The number of halogens is 3. The van der Waals surface area contributed by atoms with Gasteiger partial charge in [-0.2, -0.15) is 13.2 Å². The second kappa shape index (κ2) is 11.6. The van der Waals surface area contributed by atoms with Crippen LogP contribution in [0.15, 0.2) is 36.7 Å². The van der Waals surface area contributed by atoms with Gasteiger partial charge >= 0.3 is 18.1 Å². The molecule has 0 aromatic carbocycles. The number of pyridine rings is 2. The average molecular weight is 469 g/mol. The van der Waals surface area contributed by atoms with Gasteiger partial charge in [-0.3, -0.25) is 9.78 Å². The molecular formula is C22H26F3N3O5. The molecule has 3 rings (SSSR count). The second-order valence-electron chi connectivity index (χ2n) is 7.08. The van der Waals surface area contributed by atoms with Gasteiger partial charge < -0.3 is 19.9 Å². The summed E-state index contributed by atoms with van der Waals surface area (Å²) in [5, 5.41) is 10.4. The van der Waals surface area contributed by atoms with E-state index in [9.17, 15) is 18.0 Å². The number of aliphatic carboxylic acids is 1. The molecule has 2 aromatic rings. The molecule has 0 unspecified atom stereocenters. The number of carbonyl (C=O) groups is 2. The summed E-state index contributed by atoms with van der Waals surface area (Å²) >= 11 is 0. The van der Waals surface area contributed by atoms with Gasteiger partial charge in [0.2, 0.25) is 5.88 Å². The number of alkyl halides is 3. The summed E-state index contributed by atoms with van der Waals surface area (Å²) in [6, 6.07) is 7.71. The van der Waals surface area contributed by atoms with Crippen molar-refractivity contribution in [3.8, 4) is 17.1 Å². The number of carbonyl (C=O) groups excluding carboxylic acids is 1. The highest BCUT2D eigenvalue weighted by atomic mass is 19.4. The van der Waals surface area contributed by atoms with Gasteiger partial charge in [0.1, 0.15) is 0 Å². The highest BCUT2D eigenvalue weighted by Crippen LogP contribution is 2.36. The van der Waals surface area contributed by atoms with E-state index in [-0.39, 0.29) is 5.97 Å². The van der Waals surface area contributed by atoms with Crippen molar-refractivity contribution in [1.29, 1.82) is 0 Å². The Labute approximate surface area is 189 Å². The van der Waals surface area contributed by atoms with E-state index in [1.54, 1.807) is 12.4 Å². The number of esters is 1. The van der Waals surface area contributed by atoms with E-state index < -0.39 is 17.6 Å². The van der Waals surface area contributed by atoms with Crippen LogP contribution in [0.1, 0.15) is 32.3 Å². The third-order valence-corrected chi connectivity index (χ3v) is 5.01. The van der Waals surface area contributed by atoms with Gasteiger partial charge in [0, 0.05) is 12.4 Å². The molecule has 2 aromatic heterocycles. The van der Waals surface area contributed by atoms with Crippen LogP contribution < -0.4 is 10.1 Å². The number of carboxylic acids is 1. The van der Waals surface area contributed by atoms with E-state index in [0.717, 1.165) is 29.9 Å². The van der Waals surface area contributed by atoms with Crippen LogP contribution in [-0.4, -0.2) is 59.5 Å². The van der Waals surface area contributed by atoms with Crippen LogP contribution in [0.5, 0.6) is 5.88 Å². The van der Waals surface area contributed by atoms with Crippen LogP contribution in [0.3, 0.4) is 0 Å². The number of aromatic nitrogens is 2. The third kappa shape index (κ3) is 6.64. The van der Waals surface area contributed by atoms with Gasteiger partial charge in [0.25, 0.3) is 0 Å². The first-order chi connectivity index (χ1) is 15.7. The molecule has 2 N–H and O–H groups in total. The topological polar surface area (TPSA) is 111 Å². The molecule has 33 heavy (non-hydrogen) atoms. The Balaban J connectivity index is 0.000000479. The lowest BCUT2D eigenvalue weighted by molar-refractivity contribution is -0.192. The SMILES string of the molecule is CCOC(=O)C1(c2ccc(-c3cccnc3OCC)nc2)CCNCC1.O=C(O)C(F)(F)F. The molecule has 0 bridgehead atoms. The van der Waals surface area contributed by atoms with Crippen molar-refractivity contribution >= 4 is 11.9 Å². The molecule has 1 saturated heterocycles. The highest BCUT2D eigenvalue weighted by molar-refractivity contribution is 5.83. The van der Waals surface area contributed by atoms with Crippen molar-refractivity contribution in [3.05, 3.63) is 42.2 Å². The third-order valence-electron chi connectivity index (χ3n) is 5.01. The first-order valence-corrected chi connectivity index (χ1v) is 10.4. The summed E-state index contributed by atoms with van der Waals surface area (Å²) in [5.41, 5.74) is 1.91. The Morgan fingerprint density at radius 2 is 1.79 bits per heavy atom. The quantitative estimate of drug-likeness (QED) is 0.620.